The van der Waals surface area contributed by atoms with Gasteiger partial charge in [0, 0.05) is 23.1 Å². The fourth-order valence-electron chi connectivity index (χ4n) is 4.29. The summed E-state index contributed by atoms with van der Waals surface area (Å²) in [5.41, 5.74) is 3.91. The summed E-state index contributed by atoms with van der Waals surface area (Å²) in [6.07, 6.45) is 0.245. The van der Waals surface area contributed by atoms with Gasteiger partial charge in [0.05, 0.1) is 38.6 Å². The van der Waals surface area contributed by atoms with Crippen molar-refractivity contribution in [1.29, 1.82) is 0 Å². The number of fused-ring (bicyclic) bond motifs is 3. The zero-order valence-electron chi connectivity index (χ0n) is 18.0. The Balaban J connectivity index is 1.63. The standard InChI is InChI=1S/C25H23ClN2O4/c1-29-17-11-12-19(23(13-17)31-3)25-28-21(18-5-4-6-22(30-2)24(18)32-25)14-20(27-28)15-7-9-16(26)10-8-15/h4-13,21,25H,14H2,1-3H3/t21-,25-/m1/s1. The number of methoxy groups -OCH3 is 3. The van der Waals surface area contributed by atoms with Crippen molar-refractivity contribution in [3.8, 4) is 23.0 Å². The van der Waals surface area contributed by atoms with Crippen LogP contribution in [-0.2, 0) is 0 Å². The fourth-order valence-corrected chi connectivity index (χ4v) is 4.41. The molecule has 0 aliphatic carbocycles. The smallest absolute Gasteiger partial charge is 0.217 e. The number of halogens is 1. The molecule has 164 valence electrons. The van der Waals surface area contributed by atoms with Crippen LogP contribution in [0.1, 0.15) is 35.4 Å². The highest BCUT2D eigenvalue weighted by atomic mass is 35.5. The molecule has 7 heteroatoms. The minimum Gasteiger partial charge on any atom is -0.497 e. The van der Waals surface area contributed by atoms with Gasteiger partial charge in [-0.2, -0.15) is 5.10 Å². The average molecular weight is 451 g/mol. The number of nitrogens with zero attached hydrogens (tertiary/aromatic N) is 2. The number of rotatable bonds is 5. The second-order valence-corrected chi connectivity index (χ2v) is 8.05. The van der Waals surface area contributed by atoms with Crippen LogP contribution in [0.4, 0.5) is 0 Å². The third-order valence-electron chi connectivity index (χ3n) is 5.88. The molecule has 2 aliphatic rings. The second kappa shape index (κ2) is 8.28. The van der Waals surface area contributed by atoms with Gasteiger partial charge in [-0.15, -0.1) is 0 Å². The molecule has 0 aromatic heterocycles. The van der Waals surface area contributed by atoms with Crippen LogP contribution in [0.25, 0.3) is 0 Å². The molecule has 3 aromatic rings. The Morgan fingerprint density at radius 2 is 1.69 bits per heavy atom. The lowest BCUT2D eigenvalue weighted by molar-refractivity contribution is -0.0222. The van der Waals surface area contributed by atoms with Crippen LogP contribution in [-0.4, -0.2) is 32.0 Å². The highest BCUT2D eigenvalue weighted by Crippen LogP contribution is 2.52. The van der Waals surface area contributed by atoms with Gasteiger partial charge in [-0.1, -0.05) is 35.9 Å². The molecule has 32 heavy (non-hydrogen) atoms. The van der Waals surface area contributed by atoms with Crippen LogP contribution in [0, 0.1) is 0 Å². The van der Waals surface area contributed by atoms with Crippen molar-refractivity contribution in [3.63, 3.8) is 0 Å². The molecule has 0 saturated carbocycles. The molecule has 0 unspecified atom stereocenters. The number of hydrazone groups is 1. The maximum atomic E-state index is 6.53. The lowest BCUT2D eigenvalue weighted by Gasteiger charge is -2.39. The molecule has 0 amide bonds. The summed E-state index contributed by atoms with van der Waals surface area (Å²) >= 11 is 6.09. The summed E-state index contributed by atoms with van der Waals surface area (Å²) in [6.45, 7) is 0. The number of benzene rings is 3. The van der Waals surface area contributed by atoms with Gasteiger partial charge in [0.25, 0.3) is 0 Å². The first-order valence-corrected chi connectivity index (χ1v) is 10.7. The van der Waals surface area contributed by atoms with Crippen molar-refractivity contribution >= 4 is 17.3 Å². The molecule has 0 bridgehead atoms. The number of ether oxygens (including phenoxy) is 4. The molecule has 3 aromatic carbocycles. The zero-order chi connectivity index (χ0) is 22.2. The molecule has 5 rings (SSSR count). The lowest BCUT2D eigenvalue weighted by Crippen LogP contribution is -2.34. The van der Waals surface area contributed by atoms with Gasteiger partial charge in [0.15, 0.2) is 11.5 Å². The van der Waals surface area contributed by atoms with E-state index in [1.807, 2.05) is 59.6 Å². The van der Waals surface area contributed by atoms with Crippen molar-refractivity contribution in [3.05, 3.63) is 82.4 Å². The molecule has 2 aliphatic heterocycles. The molecule has 0 fully saturated rings. The molecule has 0 N–H and O–H groups in total. The van der Waals surface area contributed by atoms with Gasteiger partial charge in [-0.25, -0.2) is 5.01 Å². The Morgan fingerprint density at radius 3 is 2.41 bits per heavy atom. The largest absolute Gasteiger partial charge is 0.497 e. The molecule has 2 atom stereocenters. The quantitative estimate of drug-likeness (QED) is 0.505. The SMILES string of the molecule is COc1ccc([C@H]2Oc3c(OC)cccc3[C@H]3CC(c4ccc(Cl)cc4)=NN32)c(OC)c1. The first kappa shape index (κ1) is 20.5. The molecule has 0 spiro atoms. The van der Waals surface area contributed by atoms with Crippen LogP contribution in [0.5, 0.6) is 23.0 Å². The van der Waals surface area contributed by atoms with Gasteiger partial charge < -0.3 is 18.9 Å². The van der Waals surface area contributed by atoms with Gasteiger partial charge in [0.2, 0.25) is 6.23 Å². The van der Waals surface area contributed by atoms with E-state index in [4.69, 9.17) is 35.6 Å². The van der Waals surface area contributed by atoms with Gasteiger partial charge in [-0.3, -0.25) is 0 Å². The summed E-state index contributed by atoms with van der Waals surface area (Å²) in [5, 5.41) is 7.70. The highest BCUT2D eigenvalue weighted by molar-refractivity contribution is 6.30. The van der Waals surface area contributed by atoms with E-state index in [9.17, 15) is 0 Å². The minimum absolute atomic E-state index is 0.00339. The van der Waals surface area contributed by atoms with Crippen LogP contribution >= 0.6 is 11.6 Å². The molecular weight excluding hydrogens is 428 g/mol. The normalized spacial score (nSPS) is 18.9. The van der Waals surface area contributed by atoms with Crippen molar-refractivity contribution in [2.75, 3.05) is 21.3 Å². The maximum absolute atomic E-state index is 6.53. The molecule has 0 saturated heterocycles. The predicted octanol–water partition coefficient (Wildman–Crippen LogP) is 5.61. The van der Waals surface area contributed by atoms with Crippen LogP contribution in [0.2, 0.25) is 5.02 Å². The Hall–Kier alpha value is -3.38. The lowest BCUT2D eigenvalue weighted by atomic mass is 9.95. The van der Waals surface area contributed by atoms with Crippen LogP contribution < -0.4 is 18.9 Å². The number of hydrogen-bond acceptors (Lipinski definition) is 6. The maximum Gasteiger partial charge on any atom is 0.217 e. The van der Waals surface area contributed by atoms with E-state index < -0.39 is 6.23 Å². The number of hydrogen-bond donors (Lipinski definition) is 0. The van der Waals surface area contributed by atoms with E-state index in [0.717, 1.165) is 34.6 Å². The van der Waals surface area contributed by atoms with Crippen molar-refractivity contribution in [2.45, 2.75) is 18.7 Å². The van der Waals surface area contributed by atoms with Crippen LogP contribution in [0.15, 0.2) is 65.8 Å². The van der Waals surface area contributed by atoms with E-state index in [1.54, 1.807) is 21.3 Å². The Bertz CT molecular complexity index is 1180. The number of para-hydroxylation sites is 1. The molecular formula is C25H23ClN2O4. The van der Waals surface area contributed by atoms with Crippen molar-refractivity contribution < 1.29 is 18.9 Å². The molecule has 0 radical (unpaired) electrons. The van der Waals surface area contributed by atoms with Crippen LogP contribution in [0.3, 0.4) is 0 Å². The topological polar surface area (TPSA) is 52.5 Å². The first-order valence-electron chi connectivity index (χ1n) is 10.3. The Morgan fingerprint density at radius 1 is 0.906 bits per heavy atom. The summed E-state index contributed by atoms with van der Waals surface area (Å²) in [4.78, 5) is 0. The molecule has 6 nitrogen and oxygen atoms in total. The summed E-state index contributed by atoms with van der Waals surface area (Å²) in [6, 6.07) is 19.4. The summed E-state index contributed by atoms with van der Waals surface area (Å²) in [7, 11) is 4.92. The predicted molar refractivity (Wildman–Crippen MR) is 123 cm³/mol. The minimum atomic E-state index is -0.491. The Labute approximate surface area is 191 Å². The van der Waals surface area contributed by atoms with E-state index in [1.165, 1.54) is 0 Å². The van der Waals surface area contributed by atoms with E-state index in [0.29, 0.717) is 22.3 Å². The first-order chi connectivity index (χ1) is 15.6. The van der Waals surface area contributed by atoms with E-state index in [2.05, 4.69) is 6.07 Å². The third-order valence-corrected chi connectivity index (χ3v) is 6.14. The fraction of sp³-hybridized carbons (Fsp3) is 0.240. The van der Waals surface area contributed by atoms with Gasteiger partial charge >= 0.3 is 0 Å². The van der Waals surface area contributed by atoms with Gasteiger partial charge in [-0.05, 0) is 35.9 Å². The third kappa shape index (κ3) is 3.41. The van der Waals surface area contributed by atoms with Gasteiger partial charge in [0.1, 0.15) is 11.5 Å². The zero-order valence-corrected chi connectivity index (χ0v) is 18.8. The Kier molecular flexibility index (Phi) is 5.31. The monoisotopic (exact) mass is 450 g/mol. The van der Waals surface area contributed by atoms with Crippen molar-refractivity contribution in [2.24, 2.45) is 5.10 Å². The summed E-state index contributed by atoms with van der Waals surface area (Å²) < 4.78 is 23.2. The average Bonchev–Trinajstić information content (AvgIpc) is 3.29. The second-order valence-electron chi connectivity index (χ2n) is 7.61. The van der Waals surface area contributed by atoms with Crippen molar-refractivity contribution in [1.82, 2.24) is 5.01 Å². The molecule has 2 heterocycles. The van der Waals surface area contributed by atoms with E-state index >= 15 is 0 Å². The van der Waals surface area contributed by atoms with E-state index in [-0.39, 0.29) is 6.04 Å². The summed E-state index contributed by atoms with van der Waals surface area (Å²) in [5.74, 6) is 2.80. The highest BCUT2D eigenvalue weighted by Gasteiger charge is 2.43.